The third-order valence-corrected chi connectivity index (χ3v) is 2.07. The fourth-order valence-electron chi connectivity index (χ4n) is 0.994. The number of hydrogen-bond donors (Lipinski definition) is 1. The van der Waals surface area contributed by atoms with Crippen LogP contribution in [-0.4, -0.2) is 0 Å². The first-order chi connectivity index (χ1) is 6.19. The monoisotopic (exact) mass is 192 g/mol. The van der Waals surface area contributed by atoms with E-state index in [-0.39, 0.29) is 6.04 Å². The second-order valence-electron chi connectivity index (χ2n) is 2.61. The molecule has 0 saturated carbocycles. The molecule has 0 saturated heterocycles. The molecular formula is C10H9ClN2. The van der Waals surface area contributed by atoms with Crippen LogP contribution in [0.4, 0.5) is 0 Å². The average molecular weight is 193 g/mol. The van der Waals surface area contributed by atoms with Crippen molar-refractivity contribution in [2.75, 3.05) is 0 Å². The largest absolute Gasteiger partial charge is 0.321 e. The summed E-state index contributed by atoms with van der Waals surface area (Å²) in [4.78, 5) is 0. The van der Waals surface area contributed by atoms with Gasteiger partial charge in [0.2, 0.25) is 0 Å². The Morgan fingerprint density at radius 1 is 1.62 bits per heavy atom. The minimum Gasteiger partial charge on any atom is -0.321 e. The highest BCUT2D eigenvalue weighted by Crippen LogP contribution is 2.22. The van der Waals surface area contributed by atoms with E-state index in [0.29, 0.717) is 10.6 Å². The summed E-state index contributed by atoms with van der Waals surface area (Å²) in [6.07, 6.45) is 1.60. The van der Waals surface area contributed by atoms with Gasteiger partial charge in [-0.15, -0.1) is 6.58 Å². The van der Waals surface area contributed by atoms with Crippen LogP contribution in [0.25, 0.3) is 0 Å². The lowest BCUT2D eigenvalue weighted by atomic mass is 10.1. The topological polar surface area (TPSA) is 49.8 Å². The standard InChI is InChI=1S/C10H9ClN2/c1-2-10(13)8-4-3-7(6-12)5-9(8)11/h2-5,10H,1,13H2. The van der Waals surface area contributed by atoms with Gasteiger partial charge in [0.05, 0.1) is 11.6 Å². The molecule has 3 heteroatoms. The van der Waals surface area contributed by atoms with Crippen molar-refractivity contribution < 1.29 is 0 Å². The van der Waals surface area contributed by atoms with Gasteiger partial charge in [-0.2, -0.15) is 5.26 Å². The Labute approximate surface area is 82.2 Å². The molecule has 0 radical (unpaired) electrons. The van der Waals surface area contributed by atoms with E-state index in [4.69, 9.17) is 22.6 Å². The smallest absolute Gasteiger partial charge is 0.0992 e. The molecular weight excluding hydrogens is 184 g/mol. The number of nitrogens with two attached hydrogens (primary N) is 1. The number of nitriles is 1. The van der Waals surface area contributed by atoms with Crippen LogP contribution < -0.4 is 5.73 Å². The average Bonchev–Trinajstić information content (AvgIpc) is 2.16. The SMILES string of the molecule is C=CC(N)c1ccc(C#N)cc1Cl. The zero-order chi connectivity index (χ0) is 9.84. The molecule has 0 aliphatic heterocycles. The molecule has 66 valence electrons. The minimum atomic E-state index is -0.278. The van der Waals surface area contributed by atoms with Gasteiger partial charge in [-0.3, -0.25) is 0 Å². The van der Waals surface area contributed by atoms with E-state index >= 15 is 0 Å². The van der Waals surface area contributed by atoms with E-state index in [0.717, 1.165) is 5.56 Å². The van der Waals surface area contributed by atoms with Gasteiger partial charge in [0.25, 0.3) is 0 Å². The van der Waals surface area contributed by atoms with Gasteiger partial charge in [-0.05, 0) is 17.7 Å². The second-order valence-corrected chi connectivity index (χ2v) is 3.02. The molecule has 2 N–H and O–H groups in total. The Morgan fingerprint density at radius 2 is 2.31 bits per heavy atom. The van der Waals surface area contributed by atoms with Crippen molar-refractivity contribution in [2.24, 2.45) is 5.73 Å². The molecule has 2 nitrogen and oxygen atoms in total. The van der Waals surface area contributed by atoms with E-state index in [1.54, 1.807) is 24.3 Å². The summed E-state index contributed by atoms with van der Waals surface area (Å²) in [5.74, 6) is 0. The summed E-state index contributed by atoms with van der Waals surface area (Å²) in [5, 5.41) is 9.09. The zero-order valence-corrected chi connectivity index (χ0v) is 7.75. The van der Waals surface area contributed by atoms with Crippen molar-refractivity contribution in [1.82, 2.24) is 0 Å². The fourth-order valence-corrected chi connectivity index (χ4v) is 1.30. The summed E-state index contributed by atoms with van der Waals surface area (Å²) in [6.45, 7) is 3.57. The quantitative estimate of drug-likeness (QED) is 0.732. The molecule has 0 bridgehead atoms. The first-order valence-electron chi connectivity index (χ1n) is 3.76. The van der Waals surface area contributed by atoms with Crippen LogP contribution >= 0.6 is 11.6 Å². The van der Waals surface area contributed by atoms with Crippen LogP contribution in [-0.2, 0) is 0 Å². The first-order valence-corrected chi connectivity index (χ1v) is 4.14. The van der Waals surface area contributed by atoms with Gasteiger partial charge in [0, 0.05) is 11.1 Å². The maximum Gasteiger partial charge on any atom is 0.0992 e. The zero-order valence-electron chi connectivity index (χ0n) is 7.00. The lowest BCUT2D eigenvalue weighted by Crippen LogP contribution is -2.06. The van der Waals surface area contributed by atoms with Crippen LogP contribution in [0.5, 0.6) is 0 Å². The third-order valence-electron chi connectivity index (χ3n) is 1.74. The molecule has 1 atom stereocenters. The van der Waals surface area contributed by atoms with Crippen LogP contribution in [0, 0.1) is 11.3 Å². The van der Waals surface area contributed by atoms with Crippen molar-refractivity contribution in [3.63, 3.8) is 0 Å². The number of hydrogen-bond acceptors (Lipinski definition) is 2. The normalized spacial score (nSPS) is 11.8. The highest BCUT2D eigenvalue weighted by molar-refractivity contribution is 6.31. The minimum absolute atomic E-state index is 0.278. The number of halogens is 1. The molecule has 13 heavy (non-hydrogen) atoms. The Bertz CT molecular complexity index is 366. The van der Waals surface area contributed by atoms with Crippen molar-refractivity contribution in [3.8, 4) is 6.07 Å². The van der Waals surface area contributed by atoms with Gasteiger partial charge in [-0.25, -0.2) is 0 Å². The van der Waals surface area contributed by atoms with E-state index in [1.165, 1.54) is 0 Å². The summed E-state index contributed by atoms with van der Waals surface area (Å²) in [6, 6.07) is 6.75. The van der Waals surface area contributed by atoms with Gasteiger partial charge in [-0.1, -0.05) is 23.7 Å². The Balaban J connectivity index is 3.13. The summed E-state index contributed by atoms with van der Waals surface area (Å²) in [7, 11) is 0. The first kappa shape index (κ1) is 9.79. The number of rotatable bonds is 2. The molecule has 0 fully saturated rings. The molecule has 1 aromatic rings. The Morgan fingerprint density at radius 3 is 2.77 bits per heavy atom. The maximum atomic E-state index is 8.59. The van der Waals surface area contributed by atoms with Crippen molar-refractivity contribution >= 4 is 11.6 Å². The molecule has 0 aliphatic rings. The maximum absolute atomic E-state index is 8.59. The highest BCUT2D eigenvalue weighted by Gasteiger charge is 2.06. The summed E-state index contributed by atoms with van der Waals surface area (Å²) in [5.41, 5.74) is 7.02. The Kier molecular flexibility index (Phi) is 3.07. The predicted octanol–water partition coefficient (Wildman–Crippen LogP) is 2.40. The fraction of sp³-hybridized carbons (Fsp3) is 0.100. The van der Waals surface area contributed by atoms with E-state index in [9.17, 15) is 0 Å². The van der Waals surface area contributed by atoms with Crippen LogP contribution in [0.2, 0.25) is 5.02 Å². The number of benzene rings is 1. The van der Waals surface area contributed by atoms with Crippen molar-refractivity contribution in [3.05, 3.63) is 47.0 Å². The van der Waals surface area contributed by atoms with E-state index in [1.807, 2.05) is 6.07 Å². The second kappa shape index (κ2) is 4.08. The van der Waals surface area contributed by atoms with E-state index in [2.05, 4.69) is 6.58 Å². The predicted molar refractivity (Wildman–Crippen MR) is 53.3 cm³/mol. The molecule has 0 amide bonds. The van der Waals surface area contributed by atoms with Crippen molar-refractivity contribution in [2.45, 2.75) is 6.04 Å². The summed E-state index contributed by atoms with van der Waals surface area (Å²) >= 11 is 5.90. The van der Waals surface area contributed by atoms with Gasteiger partial charge < -0.3 is 5.73 Å². The third kappa shape index (κ3) is 2.09. The van der Waals surface area contributed by atoms with Crippen LogP contribution in [0.15, 0.2) is 30.9 Å². The Hall–Kier alpha value is -1.30. The highest BCUT2D eigenvalue weighted by atomic mass is 35.5. The van der Waals surface area contributed by atoms with Gasteiger partial charge in [0.1, 0.15) is 0 Å². The lowest BCUT2D eigenvalue weighted by molar-refractivity contribution is 0.914. The summed E-state index contributed by atoms with van der Waals surface area (Å²) < 4.78 is 0. The molecule has 1 rings (SSSR count). The van der Waals surface area contributed by atoms with Crippen LogP contribution in [0.1, 0.15) is 17.2 Å². The van der Waals surface area contributed by atoms with Crippen LogP contribution in [0.3, 0.4) is 0 Å². The van der Waals surface area contributed by atoms with Gasteiger partial charge in [0.15, 0.2) is 0 Å². The molecule has 0 aliphatic carbocycles. The van der Waals surface area contributed by atoms with Crippen molar-refractivity contribution in [1.29, 1.82) is 5.26 Å². The molecule has 0 spiro atoms. The van der Waals surface area contributed by atoms with Gasteiger partial charge >= 0.3 is 0 Å². The number of nitrogens with zero attached hydrogens (tertiary/aromatic N) is 1. The molecule has 1 aromatic carbocycles. The molecule has 1 unspecified atom stereocenters. The van der Waals surface area contributed by atoms with E-state index < -0.39 is 0 Å². The molecule has 0 heterocycles. The molecule has 0 aromatic heterocycles. The lowest BCUT2D eigenvalue weighted by Gasteiger charge is -2.08.